The molecule has 0 spiro atoms. The van der Waals surface area contributed by atoms with Crippen molar-refractivity contribution < 1.29 is 17.9 Å². The van der Waals surface area contributed by atoms with Crippen molar-refractivity contribution in [3.8, 4) is 0 Å². The Morgan fingerprint density at radius 3 is 2.55 bits per heavy atom. The Balaban J connectivity index is 2.75. The number of hydrogen-bond donors (Lipinski definition) is 1. The lowest BCUT2D eigenvalue weighted by molar-refractivity contribution is -0.137. The first kappa shape index (κ1) is 17.0. The largest absolute Gasteiger partial charge is 0.416 e. The Labute approximate surface area is 118 Å². The lowest BCUT2D eigenvalue weighted by atomic mass is 10.0. The minimum absolute atomic E-state index is 0.113. The molecule has 0 aliphatic heterocycles. The average Bonchev–Trinajstić information content (AvgIpc) is 2.39. The van der Waals surface area contributed by atoms with Crippen LogP contribution in [0.15, 0.2) is 24.3 Å². The van der Waals surface area contributed by atoms with Crippen LogP contribution in [0, 0.1) is 0 Å². The van der Waals surface area contributed by atoms with E-state index in [4.69, 9.17) is 4.74 Å². The second kappa shape index (κ2) is 7.64. The molecule has 0 heterocycles. The van der Waals surface area contributed by atoms with Gasteiger partial charge in [-0.1, -0.05) is 25.5 Å². The molecule has 0 aliphatic carbocycles. The van der Waals surface area contributed by atoms with Crippen LogP contribution in [0.5, 0.6) is 0 Å². The lowest BCUT2D eigenvalue weighted by Gasteiger charge is -2.21. The highest BCUT2D eigenvalue weighted by atomic mass is 19.4. The van der Waals surface area contributed by atoms with Gasteiger partial charge in [0.25, 0.3) is 0 Å². The van der Waals surface area contributed by atoms with E-state index in [1.54, 1.807) is 13.1 Å². The Morgan fingerprint density at radius 1 is 1.30 bits per heavy atom. The van der Waals surface area contributed by atoms with Crippen molar-refractivity contribution in [1.82, 2.24) is 5.32 Å². The average molecular weight is 289 g/mol. The number of rotatable bonds is 7. The molecule has 2 unspecified atom stereocenters. The number of benzene rings is 1. The van der Waals surface area contributed by atoms with E-state index < -0.39 is 11.7 Å². The van der Waals surface area contributed by atoms with Crippen LogP contribution in [0.2, 0.25) is 0 Å². The van der Waals surface area contributed by atoms with Gasteiger partial charge in [0.2, 0.25) is 0 Å². The smallest absolute Gasteiger partial charge is 0.377 e. The standard InChI is InChI=1S/C15H22F3NO/c1-4-6-11(2)20-10-14(19-3)12-7-5-8-13(9-12)15(16,17)18/h5,7-9,11,14,19H,4,6,10H2,1-3H3. The normalized spacial score (nSPS) is 15.1. The van der Waals surface area contributed by atoms with Crippen LogP contribution in [0.25, 0.3) is 0 Å². The summed E-state index contributed by atoms with van der Waals surface area (Å²) in [4.78, 5) is 0. The van der Waals surface area contributed by atoms with E-state index in [-0.39, 0.29) is 12.1 Å². The van der Waals surface area contributed by atoms with Crippen LogP contribution >= 0.6 is 0 Å². The van der Waals surface area contributed by atoms with Gasteiger partial charge < -0.3 is 10.1 Å². The van der Waals surface area contributed by atoms with Crippen LogP contribution in [-0.2, 0) is 10.9 Å². The van der Waals surface area contributed by atoms with Gasteiger partial charge >= 0.3 is 6.18 Å². The van der Waals surface area contributed by atoms with Gasteiger partial charge in [-0.15, -0.1) is 0 Å². The third-order valence-corrected chi connectivity index (χ3v) is 3.21. The van der Waals surface area contributed by atoms with E-state index in [0.29, 0.717) is 12.2 Å². The molecule has 0 aliphatic rings. The first-order valence-corrected chi connectivity index (χ1v) is 6.84. The number of likely N-dealkylation sites (N-methyl/N-ethyl adjacent to an activating group) is 1. The molecule has 2 atom stereocenters. The summed E-state index contributed by atoms with van der Waals surface area (Å²) >= 11 is 0. The molecule has 0 saturated carbocycles. The summed E-state index contributed by atoms with van der Waals surface area (Å²) in [6.07, 6.45) is -2.24. The highest BCUT2D eigenvalue weighted by molar-refractivity contribution is 5.28. The zero-order chi connectivity index (χ0) is 15.2. The van der Waals surface area contributed by atoms with Crippen LogP contribution in [0.3, 0.4) is 0 Å². The number of halogens is 3. The van der Waals surface area contributed by atoms with Crippen molar-refractivity contribution in [2.75, 3.05) is 13.7 Å². The van der Waals surface area contributed by atoms with Crippen molar-refractivity contribution in [2.45, 2.75) is 45.0 Å². The molecule has 1 aromatic rings. The van der Waals surface area contributed by atoms with E-state index in [9.17, 15) is 13.2 Å². The second-order valence-corrected chi connectivity index (χ2v) is 4.90. The summed E-state index contributed by atoms with van der Waals surface area (Å²) in [5, 5.41) is 3.00. The van der Waals surface area contributed by atoms with Crippen molar-refractivity contribution in [3.05, 3.63) is 35.4 Å². The molecular weight excluding hydrogens is 267 g/mol. The molecule has 5 heteroatoms. The zero-order valence-electron chi connectivity index (χ0n) is 12.1. The quantitative estimate of drug-likeness (QED) is 0.813. The number of alkyl halides is 3. The second-order valence-electron chi connectivity index (χ2n) is 4.90. The summed E-state index contributed by atoms with van der Waals surface area (Å²) in [5.41, 5.74) is -0.0390. The van der Waals surface area contributed by atoms with Gasteiger partial charge in [0.15, 0.2) is 0 Å². The van der Waals surface area contributed by atoms with E-state index in [1.165, 1.54) is 12.1 Å². The van der Waals surface area contributed by atoms with E-state index >= 15 is 0 Å². The maximum Gasteiger partial charge on any atom is 0.416 e. The van der Waals surface area contributed by atoms with E-state index in [1.807, 2.05) is 6.92 Å². The molecule has 2 nitrogen and oxygen atoms in total. The fraction of sp³-hybridized carbons (Fsp3) is 0.600. The van der Waals surface area contributed by atoms with Crippen LogP contribution < -0.4 is 5.32 Å². The van der Waals surface area contributed by atoms with Crippen LogP contribution in [-0.4, -0.2) is 19.8 Å². The Bertz CT molecular complexity index is 406. The van der Waals surface area contributed by atoms with Gasteiger partial charge in [0.1, 0.15) is 0 Å². The highest BCUT2D eigenvalue weighted by Gasteiger charge is 2.30. The van der Waals surface area contributed by atoms with Gasteiger partial charge in [-0.25, -0.2) is 0 Å². The van der Waals surface area contributed by atoms with Crippen molar-refractivity contribution in [1.29, 1.82) is 0 Å². The predicted molar refractivity (Wildman–Crippen MR) is 73.6 cm³/mol. The van der Waals surface area contributed by atoms with Crippen LogP contribution in [0.1, 0.15) is 43.9 Å². The maximum atomic E-state index is 12.7. The third-order valence-electron chi connectivity index (χ3n) is 3.21. The monoisotopic (exact) mass is 289 g/mol. The zero-order valence-corrected chi connectivity index (χ0v) is 12.1. The molecule has 1 aromatic carbocycles. The molecule has 0 aromatic heterocycles. The molecule has 0 fully saturated rings. The van der Waals surface area contributed by atoms with Crippen molar-refractivity contribution >= 4 is 0 Å². The van der Waals surface area contributed by atoms with Gasteiger partial charge in [0, 0.05) is 0 Å². The van der Waals surface area contributed by atoms with Gasteiger partial charge in [-0.3, -0.25) is 0 Å². The molecule has 1 rings (SSSR count). The molecule has 1 N–H and O–H groups in total. The van der Waals surface area contributed by atoms with Gasteiger partial charge in [-0.05, 0) is 38.1 Å². The van der Waals surface area contributed by atoms with Gasteiger partial charge in [0.05, 0.1) is 24.3 Å². The molecule has 0 bridgehead atoms. The third kappa shape index (κ3) is 5.13. The molecule has 0 amide bonds. The first-order chi connectivity index (χ1) is 9.38. The summed E-state index contributed by atoms with van der Waals surface area (Å²) in [7, 11) is 1.72. The van der Waals surface area contributed by atoms with Crippen molar-refractivity contribution in [3.63, 3.8) is 0 Å². The summed E-state index contributed by atoms with van der Waals surface area (Å²) in [5.74, 6) is 0. The molecular formula is C15H22F3NO. The summed E-state index contributed by atoms with van der Waals surface area (Å²) in [6.45, 7) is 4.41. The Hall–Kier alpha value is -1.07. The Morgan fingerprint density at radius 2 is 2.00 bits per heavy atom. The molecule has 0 radical (unpaired) electrons. The fourth-order valence-electron chi connectivity index (χ4n) is 2.03. The molecule has 114 valence electrons. The maximum absolute atomic E-state index is 12.7. The highest BCUT2D eigenvalue weighted by Crippen LogP contribution is 2.30. The number of ether oxygens (including phenoxy) is 1. The van der Waals surface area contributed by atoms with E-state index in [2.05, 4.69) is 12.2 Å². The SMILES string of the molecule is CCCC(C)OCC(NC)c1cccc(C(F)(F)F)c1. The summed E-state index contributed by atoms with van der Waals surface area (Å²) < 4.78 is 43.8. The minimum atomic E-state index is -4.31. The van der Waals surface area contributed by atoms with Crippen LogP contribution in [0.4, 0.5) is 13.2 Å². The van der Waals surface area contributed by atoms with Crippen molar-refractivity contribution in [2.24, 2.45) is 0 Å². The molecule has 0 saturated heterocycles. The fourth-order valence-corrected chi connectivity index (χ4v) is 2.03. The number of nitrogens with one attached hydrogen (secondary N) is 1. The van der Waals surface area contributed by atoms with Gasteiger partial charge in [-0.2, -0.15) is 13.2 Å². The van der Waals surface area contributed by atoms with E-state index in [0.717, 1.165) is 18.9 Å². The number of hydrogen-bond acceptors (Lipinski definition) is 2. The Kier molecular flexibility index (Phi) is 6.49. The predicted octanol–water partition coefficient (Wildman–Crippen LogP) is 4.17. The minimum Gasteiger partial charge on any atom is -0.377 e. The lowest BCUT2D eigenvalue weighted by Crippen LogP contribution is -2.24. The first-order valence-electron chi connectivity index (χ1n) is 6.84. The topological polar surface area (TPSA) is 21.3 Å². The molecule has 20 heavy (non-hydrogen) atoms. The summed E-state index contributed by atoms with van der Waals surface area (Å²) in [6, 6.07) is 5.13.